The molecule has 1 atom stereocenters. The first-order chi connectivity index (χ1) is 14.1. The average Bonchev–Trinajstić information content (AvgIpc) is 3.27. The van der Waals surface area contributed by atoms with Gasteiger partial charge in [-0.1, -0.05) is 18.2 Å². The molecule has 0 amide bonds. The predicted molar refractivity (Wildman–Crippen MR) is 113 cm³/mol. The molecule has 0 bridgehead atoms. The highest BCUT2D eigenvalue weighted by Crippen LogP contribution is 2.42. The lowest BCUT2D eigenvalue weighted by molar-refractivity contribution is -0.384. The highest BCUT2D eigenvalue weighted by molar-refractivity contribution is 7.10. The molecule has 0 aliphatic carbocycles. The zero-order chi connectivity index (χ0) is 20.4. The number of rotatable bonds is 6. The van der Waals surface area contributed by atoms with Crippen molar-refractivity contribution < 1.29 is 14.4 Å². The van der Waals surface area contributed by atoms with Gasteiger partial charge in [-0.2, -0.15) is 0 Å². The molecule has 0 fully saturated rings. The van der Waals surface area contributed by atoms with Gasteiger partial charge in [0.1, 0.15) is 0 Å². The van der Waals surface area contributed by atoms with Crippen molar-refractivity contribution in [2.45, 2.75) is 19.0 Å². The lowest BCUT2D eigenvalue weighted by atomic mass is 9.90. The molecule has 1 aliphatic rings. The Morgan fingerprint density at radius 2 is 1.86 bits per heavy atom. The molecule has 0 saturated heterocycles. The number of ether oxygens (including phenoxy) is 2. The Morgan fingerprint density at radius 3 is 2.48 bits per heavy atom. The van der Waals surface area contributed by atoms with Gasteiger partial charge in [0.25, 0.3) is 5.69 Å². The fourth-order valence-electron chi connectivity index (χ4n) is 3.91. The van der Waals surface area contributed by atoms with E-state index in [1.807, 2.05) is 12.1 Å². The van der Waals surface area contributed by atoms with Crippen molar-refractivity contribution in [1.29, 1.82) is 0 Å². The maximum Gasteiger partial charge on any atom is 0.269 e. The van der Waals surface area contributed by atoms with Gasteiger partial charge in [0.2, 0.25) is 0 Å². The number of thiophene rings is 1. The first-order valence-corrected chi connectivity index (χ1v) is 10.2. The molecule has 7 heteroatoms. The lowest BCUT2D eigenvalue weighted by Crippen LogP contribution is -2.35. The number of methoxy groups -OCH3 is 2. The van der Waals surface area contributed by atoms with E-state index in [0.29, 0.717) is 6.54 Å². The molecule has 29 heavy (non-hydrogen) atoms. The molecule has 2 heterocycles. The van der Waals surface area contributed by atoms with Crippen LogP contribution in [0.1, 0.15) is 27.6 Å². The summed E-state index contributed by atoms with van der Waals surface area (Å²) in [5.74, 6) is 1.48. The number of nitrogens with zero attached hydrogens (tertiary/aromatic N) is 2. The minimum Gasteiger partial charge on any atom is -0.493 e. The molecule has 6 nitrogen and oxygen atoms in total. The highest BCUT2D eigenvalue weighted by atomic mass is 32.1. The van der Waals surface area contributed by atoms with E-state index in [9.17, 15) is 10.1 Å². The van der Waals surface area contributed by atoms with Crippen molar-refractivity contribution in [2.75, 3.05) is 20.8 Å². The van der Waals surface area contributed by atoms with E-state index in [-0.39, 0.29) is 16.7 Å². The molecule has 0 spiro atoms. The number of benzene rings is 2. The van der Waals surface area contributed by atoms with E-state index >= 15 is 0 Å². The number of hydrogen-bond donors (Lipinski definition) is 0. The van der Waals surface area contributed by atoms with Crippen molar-refractivity contribution in [3.63, 3.8) is 0 Å². The van der Waals surface area contributed by atoms with E-state index in [1.54, 1.807) is 37.7 Å². The summed E-state index contributed by atoms with van der Waals surface area (Å²) in [5.41, 5.74) is 3.66. The summed E-state index contributed by atoms with van der Waals surface area (Å²) in [5, 5.41) is 13.0. The fraction of sp³-hybridized carbons (Fsp3) is 0.273. The largest absolute Gasteiger partial charge is 0.493 e. The second kappa shape index (κ2) is 8.23. The Bertz CT molecular complexity index is 1000. The number of fused-ring (bicyclic) bond motifs is 1. The maximum atomic E-state index is 10.9. The van der Waals surface area contributed by atoms with Crippen LogP contribution in [0.3, 0.4) is 0 Å². The number of nitro groups is 1. The Kier molecular flexibility index (Phi) is 5.51. The van der Waals surface area contributed by atoms with E-state index in [4.69, 9.17) is 9.47 Å². The molecule has 1 aromatic heterocycles. The number of hydrogen-bond acceptors (Lipinski definition) is 6. The highest BCUT2D eigenvalue weighted by Gasteiger charge is 2.31. The Morgan fingerprint density at radius 1 is 1.14 bits per heavy atom. The van der Waals surface area contributed by atoms with Gasteiger partial charge in [0, 0.05) is 30.1 Å². The summed E-state index contributed by atoms with van der Waals surface area (Å²) in [6.45, 7) is 1.61. The zero-order valence-corrected chi connectivity index (χ0v) is 17.1. The van der Waals surface area contributed by atoms with Crippen LogP contribution in [0.15, 0.2) is 53.9 Å². The van der Waals surface area contributed by atoms with E-state index in [0.717, 1.165) is 30.0 Å². The van der Waals surface area contributed by atoms with Crippen LogP contribution in [-0.2, 0) is 13.0 Å². The third kappa shape index (κ3) is 3.83. The van der Waals surface area contributed by atoms with Gasteiger partial charge < -0.3 is 9.47 Å². The molecule has 0 radical (unpaired) electrons. The smallest absolute Gasteiger partial charge is 0.269 e. The van der Waals surface area contributed by atoms with Gasteiger partial charge in [-0.25, -0.2) is 0 Å². The summed E-state index contributed by atoms with van der Waals surface area (Å²) >= 11 is 1.73. The van der Waals surface area contributed by atoms with Gasteiger partial charge >= 0.3 is 0 Å². The first-order valence-electron chi connectivity index (χ1n) is 9.36. The van der Waals surface area contributed by atoms with Crippen LogP contribution in [0.4, 0.5) is 5.69 Å². The third-order valence-corrected chi connectivity index (χ3v) is 6.24. The Balaban J connectivity index is 1.71. The van der Waals surface area contributed by atoms with Crippen molar-refractivity contribution in [3.8, 4) is 11.5 Å². The third-order valence-electron chi connectivity index (χ3n) is 5.32. The monoisotopic (exact) mass is 410 g/mol. The summed E-state index contributed by atoms with van der Waals surface area (Å²) in [4.78, 5) is 14.2. The van der Waals surface area contributed by atoms with E-state index < -0.39 is 0 Å². The topological polar surface area (TPSA) is 64.8 Å². The van der Waals surface area contributed by atoms with Crippen molar-refractivity contribution in [3.05, 3.63) is 85.6 Å². The number of nitro benzene ring substituents is 1. The summed E-state index contributed by atoms with van der Waals surface area (Å²) in [6.07, 6.45) is 0.907. The predicted octanol–water partition coefficient (Wildman–Crippen LogP) is 4.82. The van der Waals surface area contributed by atoms with Crippen molar-refractivity contribution >= 4 is 17.0 Å². The summed E-state index contributed by atoms with van der Waals surface area (Å²) in [6, 6.07) is 15.3. The molecule has 150 valence electrons. The Hall–Kier alpha value is -2.90. The molecular formula is C22H22N2O4S. The lowest BCUT2D eigenvalue weighted by Gasteiger charge is -2.37. The zero-order valence-electron chi connectivity index (χ0n) is 16.3. The van der Waals surface area contributed by atoms with Gasteiger partial charge in [-0.15, -0.1) is 11.3 Å². The second-order valence-corrected chi connectivity index (χ2v) is 7.95. The van der Waals surface area contributed by atoms with Crippen LogP contribution < -0.4 is 9.47 Å². The SMILES string of the molecule is COc1cc2c(cc1OC)[C@@H](c1cccs1)N(Cc1ccc([N+](=O)[O-])cc1)CC2. The van der Waals surface area contributed by atoms with Crippen LogP contribution in [0, 0.1) is 10.1 Å². The van der Waals surface area contributed by atoms with Crippen molar-refractivity contribution in [1.82, 2.24) is 4.90 Å². The average molecular weight is 410 g/mol. The maximum absolute atomic E-state index is 10.9. The fourth-order valence-corrected chi connectivity index (χ4v) is 4.78. The van der Waals surface area contributed by atoms with Crippen LogP contribution >= 0.6 is 11.3 Å². The molecule has 1 aliphatic heterocycles. The molecule has 4 rings (SSSR count). The van der Waals surface area contributed by atoms with Crippen LogP contribution in [0.5, 0.6) is 11.5 Å². The standard InChI is InChI=1S/C22H22N2O4S/c1-27-19-12-16-9-10-23(14-15-5-7-17(8-6-15)24(25)26)22(21-4-3-11-29-21)18(16)13-20(19)28-2/h3-8,11-13,22H,9-10,14H2,1-2H3/t22-/m0/s1. The second-order valence-electron chi connectivity index (χ2n) is 6.97. The molecule has 0 saturated carbocycles. The van der Waals surface area contributed by atoms with Crippen LogP contribution in [0.25, 0.3) is 0 Å². The van der Waals surface area contributed by atoms with Gasteiger partial charge in [-0.3, -0.25) is 15.0 Å². The minimum atomic E-state index is -0.366. The van der Waals surface area contributed by atoms with Crippen LogP contribution in [-0.4, -0.2) is 30.6 Å². The summed E-state index contributed by atoms with van der Waals surface area (Å²) in [7, 11) is 3.31. The van der Waals surface area contributed by atoms with Gasteiger partial charge in [0.15, 0.2) is 11.5 Å². The van der Waals surface area contributed by atoms with Gasteiger partial charge in [-0.05, 0) is 46.7 Å². The quantitative estimate of drug-likeness (QED) is 0.431. The normalized spacial score (nSPS) is 16.3. The van der Waals surface area contributed by atoms with Crippen molar-refractivity contribution in [2.24, 2.45) is 0 Å². The molecular weight excluding hydrogens is 388 g/mol. The molecule has 0 N–H and O–H groups in total. The minimum absolute atomic E-state index is 0.105. The van der Waals surface area contributed by atoms with E-state index in [2.05, 4.69) is 34.5 Å². The van der Waals surface area contributed by atoms with Gasteiger partial charge in [0.05, 0.1) is 25.2 Å². The summed E-state index contributed by atoms with van der Waals surface area (Å²) < 4.78 is 11.0. The molecule has 2 aromatic carbocycles. The number of non-ortho nitro benzene ring substituents is 1. The van der Waals surface area contributed by atoms with Crippen LogP contribution in [0.2, 0.25) is 0 Å². The molecule has 0 unspecified atom stereocenters. The molecule has 3 aromatic rings. The Labute approximate surface area is 173 Å². The van der Waals surface area contributed by atoms with E-state index in [1.165, 1.54) is 16.0 Å². The first kappa shape index (κ1) is 19.4.